The van der Waals surface area contributed by atoms with Gasteiger partial charge in [0.05, 0.1) is 13.2 Å². The van der Waals surface area contributed by atoms with E-state index in [1.807, 2.05) is 12.1 Å². The first-order chi connectivity index (χ1) is 11.1. The highest BCUT2D eigenvalue weighted by atomic mass is 16.5. The number of carbonyl (C=O) groups is 1. The third-order valence-electron chi connectivity index (χ3n) is 3.83. The summed E-state index contributed by atoms with van der Waals surface area (Å²) in [5.74, 6) is 0.770. The summed E-state index contributed by atoms with van der Waals surface area (Å²) in [4.78, 5) is 20.7. The SMILES string of the molecule is CN(C(=O)c1cccc(N2CCOCC2)n1)c1ccc(O)cc1. The number of phenols is 1. The van der Waals surface area contributed by atoms with Crippen LogP contribution in [0.25, 0.3) is 0 Å². The summed E-state index contributed by atoms with van der Waals surface area (Å²) in [5.41, 5.74) is 1.09. The van der Waals surface area contributed by atoms with Gasteiger partial charge in [0, 0.05) is 25.8 Å². The van der Waals surface area contributed by atoms with Gasteiger partial charge < -0.3 is 19.6 Å². The average molecular weight is 313 g/mol. The van der Waals surface area contributed by atoms with E-state index in [4.69, 9.17) is 4.74 Å². The van der Waals surface area contributed by atoms with Gasteiger partial charge in [-0.3, -0.25) is 4.79 Å². The fourth-order valence-electron chi connectivity index (χ4n) is 2.48. The zero-order valence-electron chi connectivity index (χ0n) is 13.0. The van der Waals surface area contributed by atoms with Gasteiger partial charge in [-0.1, -0.05) is 6.07 Å². The molecule has 1 aliphatic heterocycles. The van der Waals surface area contributed by atoms with Crippen molar-refractivity contribution in [1.82, 2.24) is 4.98 Å². The zero-order chi connectivity index (χ0) is 16.2. The van der Waals surface area contributed by atoms with Gasteiger partial charge in [0.1, 0.15) is 17.3 Å². The van der Waals surface area contributed by atoms with E-state index < -0.39 is 0 Å². The maximum absolute atomic E-state index is 12.6. The number of nitrogens with zero attached hydrogens (tertiary/aromatic N) is 3. The molecule has 0 atom stereocenters. The summed E-state index contributed by atoms with van der Waals surface area (Å²) in [6.45, 7) is 2.90. The summed E-state index contributed by atoms with van der Waals surface area (Å²) in [5, 5.41) is 9.34. The van der Waals surface area contributed by atoms with Crippen LogP contribution < -0.4 is 9.80 Å². The molecule has 2 heterocycles. The lowest BCUT2D eigenvalue weighted by Gasteiger charge is -2.28. The molecule has 1 aromatic carbocycles. The van der Waals surface area contributed by atoms with Gasteiger partial charge in [-0.15, -0.1) is 0 Å². The number of hydrogen-bond donors (Lipinski definition) is 1. The molecule has 0 unspecified atom stereocenters. The Morgan fingerprint density at radius 2 is 1.87 bits per heavy atom. The van der Waals surface area contributed by atoms with Crippen LogP contribution in [0.3, 0.4) is 0 Å². The molecule has 1 amide bonds. The summed E-state index contributed by atoms with van der Waals surface area (Å²) in [6.07, 6.45) is 0. The maximum Gasteiger partial charge on any atom is 0.276 e. The van der Waals surface area contributed by atoms with Crippen LogP contribution in [-0.4, -0.2) is 49.3 Å². The fourth-order valence-corrected chi connectivity index (χ4v) is 2.48. The quantitative estimate of drug-likeness (QED) is 0.937. The summed E-state index contributed by atoms with van der Waals surface area (Å²) < 4.78 is 5.34. The summed E-state index contributed by atoms with van der Waals surface area (Å²) in [7, 11) is 1.69. The van der Waals surface area contributed by atoms with Crippen molar-refractivity contribution >= 4 is 17.4 Å². The highest BCUT2D eigenvalue weighted by Gasteiger charge is 2.18. The minimum absolute atomic E-state index is 0.169. The number of benzene rings is 1. The molecule has 0 bridgehead atoms. The van der Waals surface area contributed by atoms with E-state index in [1.165, 1.54) is 4.90 Å². The van der Waals surface area contributed by atoms with Crippen molar-refractivity contribution in [3.63, 3.8) is 0 Å². The van der Waals surface area contributed by atoms with Crippen LogP contribution >= 0.6 is 0 Å². The number of aromatic hydroxyl groups is 1. The van der Waals surface area contributed by atoms with Crippen molar-refractivity contribution < 1.29 is 14.6 Å². The number of anilines is 2. The van der Waals surface area contributed by atoms with E-state index in [9.17, 15) is 9.90 Å². The molecule has 1 aromatic heterocycles. The summed E-state index contributed by atoms with van der Waals surface area (Å²) >= 11 is 0. The van der Waals surface area contributed by atoms with Crippen LogP contribution in [0.4, 0.5) is 11.5 Å². The molecule has 120 valence electrons. The lowest BCUT2D eigenvalue weighted by atomic mass is 10.2. The number of ether oxygens (including phenoxy) is 1. The second-order valence-electron chi connectivity index (χ2n) is 5.36. The standard InChI is InChI=1S/C17H19N3O3/c1-19(13-5-7-14(21)8-6-13)17(22)15-3-2-4-16(18-15)20-9-11-23-12-10-20/h2-8,21H,9-12H2,1H3. The number of hydrogen-bond acceptors (Lipinski definition) is 5. The molecule has 3 rings (SSSR count). The van der Waals surface area contributed by atoms with Crippen molar-refractivity contribution in [2.24, 2.45) is 0 Å². The highest BCUT2D eigenvalue weighted by molar-refractivity contribution is 6.04. The molecular weight excluding hydrogens is 294 g/mol. The average Bonchev–Trinajstić information content (AvgIpc) is 2.62. The number of amides is 1. The number of morpholine rings is 1. The van der Waals surface area contributed by atoms with E-state index in [2.05, 4.69) is 9.88 Å². The van der Waals surface area contributed by atoms with Gasteiger partial charge in [0.25, 0.3) is 5.91 Å². The van der Waals surface area contributed by atoms with Crippen LogP contribution in [-0.2, 0) is 4.74 Å². The number of carbonyl (C=O) groups excluding carboxylic acids is 1. The lowest BCUT2D eigenvalue weighted by Crippen LogP contribution is -2.37. The Bertz CT molecular complexity index is 682. The first kappa shape index (κ1) is 15.3. The highest BCUT2D eigenvalue weighted by Crippen LogP contribution is 2.20. The smallest absolute Gasteiger partial charge is 0.276 e. The van der Waals surface area contributed by atoms with Crippen molar-refractivity contribution in [3.8, 4) is 5.75 Å². The number of pyridine rings is 1. The van der Waals surface area contributed by atoms with E-state index in [1.54, 1.807) is 37.4 Å². The number of aromatic nitrogens is 1. The van der Waals surface area contributed by atoms with Crippen LogP contribution in [0, 0.1) is 0 Å². The monoisotopic (exact) mass is 313 g/mol. The second-order valence-corrected chi connectivity index (χ2v) is 5.36. The molecular formula is C17H19N3O3. The number of rotatable bonds is 3. The van der Waals surface area contributed by atoms with Gasteiger partial charge in [-0.25, -0.2) is 4.98 Å². The van der Waals surface area contributed by atoms with Crippen LogP contribution in [0.2, 0.25) is 0 Å². The van der Waals surface area contributed by atoms with Crippen LogP contribution in [0.15, 0.2) is 42.5 Å². The molecule has 1 saturated heterocycles. The molecule has 1 fully saturated rings. The minimum atomic E-state index is -0.189. The van der Waals surface area contributed by atoms with E-state index in [-0.39, 0.29) is 11.7 Å². The largest absolute Gasteiger partial charge is 0.508 e. The Balaban J connectivity index is 1.80. The third kappa shape index (κ3) is 3.43. The van der Waals surface area contributed by atoms with Gasteiger partial charge in [-0.05, 0) is 36.4 Å². The van der Waals surface area contributed by atoms with Crippen molar-refractivity contribution in [2.45, 2.75) is 0 Å². The second kappa shape index (κ2) is 6.66. The molecule has 1 N–H and O–H groups in total. The molecule has 1 aliphatic rings. The Labute approximate surface area is 134 Å². The minimum Gasteiger partial charge on any atom is -0.508 e. The van der Waals surface area contributed by atoms with Gasteiger partial charge in [-0.2, -0.15) is 0 Å². The molecule has 0 radical (unpaired) electrons. The topological polar surface area (TPSA) is 65.9 Å². The van der Waals surface area contributed by atoms with E-state index in [0.717, 1.165) is 18.9 Å². The molecule has 6 heteroatoms. The van der Waals surface area contributed by atoms with Crippen molar-refractivity contribution in [1.29, 1.82) is 0 Å². The first-order valence-corrected chi connectivity index (χ1v) is 7.52. The summed E-state index contributed by atoms with van der Waals surface area (Å²) in [6, 6.07) is 12.0. The Hall–Kier alpha value is -2.60. The van der Waals surface area contributed by atoms with E-state index >= 15 is 0 Å². The van der Waals surface area contributed by atoms with Crippen LogP contribution in [0.5, 0.6) is 5.75 Å². The molecule has 23 heavy (non-hydrogen) atoms. The van der Waals surface area contributed by atoms with Gasteiger partial charge in [0.2, 0.25) is 0 Å². The molecule has 0 aliphatic carbocycles. The molecule has 0 spiro atoms. The number of phenolic OH excluding ortho intramolecular Hbond substituents is 1. The van der Waals surface area contributed by atoms with E-state index in [0.29, 0.717) is 24.6 Å². The van der Waals surface area contributed by atoms with Crippen molar-refractivity contribution in [3.05, 3.63) is 48.2 Å². The first-order valence-electron chi connectivity index (χ1n) is 7.52. The lowest BCUT2D eigenvalue weighted by molar-refractivity contribution is 0.0988. The predicted molar refractivity (Wildman–Crippen MR) is 88.1 cm³/mol. The van der Waals surface area contributed by atoms with Gasteiger partial charge in [0.15, 0.2) is 0 Å². The van der Waals surface area contributed by atoms with Crippen molar-refractivity contribution in [2.75, 3.05) is 43.2 Å². The molecule has 2 aromatic rings. The predicted octanol–water partition coefficient (Wildman–Crippen LogP) is 1.90. The Morgan fingerprint density at radius 1 is 1.17 bits per heavy atom. The maximum atomic E-state index is 12.6. The van der Waals surface area contributed by atoms with Crippen LogP contribution in [0.1, 0.15) is 10.5 Å². The Morgan fingerprint density at radius 3 is 2.57 bits per heavy atom. The molecule has 6 nitrogen and oxygen atoms in total. The third-order valence-corrected chi connectivity index (χ3v) is 3.83. The normalized spacial score (nSPS) is 14.6. The Kier molecular flexibility index (Phi) is 4.43. The zero-order valence-corrected chi connectivity index (χ0v) is 13.0. The van der Waals surface area contributed by atoms with Gasteiger partial charge >= 0.3 is 0 Å². The molecule has 0 saturated carbocycles. The fraction of sp³-hybridized carbons (Fsp3) is 0.294.